The van der Waals surface area contributed by atoms with Crippen LogP contribution in [0.3, 0.4) is 0 Å². The lowest BCUT2D eigenvalue weighted by Gasteiger charge is -2.29. The minimum atomic E-state index is -4.92. The third-order valence-corrected chi connectivity index (χ3v) is 5.23. The zero-order chi connectivity index (χ0) is 23.2. The van der Waals surface area contributed by atoms with Crippen molar-refractivity contribution in [1.29, 1.82) is 0 Å². The third kappa shape index (κ3) is 6.69. The van der Waals surface area contributed by atoms with E-state index in [1.807, 2.05) is 0 Å². The van der Waals surface area contributed by atoms with Gasteiger partial charge < -0.3 is 4.52 Å². The topological polar surface area (TPSA) is 27.7 Å². The molecule has 0 aliphatic rings. The Bertz CT molecular complexity index is 893. The Balaban J connectivity index is 1.95. The molecule has 3 aromatic rings. The molecule has 10 heteroatoms. The molecule has 2 unspecified atom stereocenters. The maximum atomic E-state index is 13.8. The highest BCUT2D eigenvalue weighted by Gasteiger charge is 2.48. The number of rotatable bonds is 8. The summed E-state index contributed by atoms with van der Waals surface area (Å²) in [6, 6.07) is 20.5. The van der Waals surface area contributed by atoms with Gasteiger partial charge in [-0.05, 0) is 23.3 Å². The molecule has 0 amide bonds. The molecule has 0 saturated carbocycles. The fourth-order valence-electron chi connectivity index (χ4n) is 2.68. The van der Waals surface area contributed by atoms with Crippen LogP contribution in [0.1, 0.15) is 23.3 Å². The maximum Gasteiger partial charge on any atom is 0.419 e. The van der Waals surface area contributed by atoms with Crippen LogP contribution in [-0.2, 0) is 9.05 Å². The maximum absolute atomic E-state index is 13.8. The van der Waals surface area contributed by atoms with Crippen LogP contribution in [-0.4, -0.2) is 12.4 Å². The van der Waals surface area contributed by atoms with Crippen LogP contribution < -0.4 is 4.52 Å². The van der Waals surface area contributed by atoms with Crippen LogP contribution in [0.4, 0.5) is 26.3 Å². The largest absolute Gasteiger partial charge is 0.427 e. The highest BCUT2D eigenvalue weighted by Crippen LogP contribution is 2.54. The van der Waals surface area contributed by atoms with Crippen LogP contribution in [0.25, 0.3) is 0 Å². The van der Waals surface area contributed by atoms with Crippen LogP contribution in [0.2, 0.25) is 0 Å². The lowest BCUT2D eigenvalue weighted by molar-refractivity contribution is -0.213. The number of hydrogen-bond acceptors (Lipinski definition) is 3. The van der Waals surface area contributed by atoms with Gasteiger partial charge in [0, 0.05) is 0 Å². The monoisotopic (exact) mass is 474 g/mol. The molecular formula is C22H17F6O3P. The molecular weight excluding hydrogens is 457 g/mol. The minimum absolute atomic E-state index is 0.00147. The average Bonchev–Trinajstić information content (AvgIpc) is 2.75. The molecule has 0 aliphatic heterocycles. The van der Waals surface area contributed by atoms with Crippen LogP contribution >= 0.6 is 8.60 Å². The number of halogens is 6. The lowest BCUT2D eigenvalue weighted by Crippen LogP contribution is -2.26. The standard InChI is InChI=1S/C22H17F6O3P/c23-21(24,25)19(16-10-4-1-5-11-16)30-32(29-18-14-8-3-9-15-18)31-20(22(26,27)28)17-12-6-2-7-13-17/h1-15,19-20H. The molecule has 0 bridgehead atoms. The summed E-state index contributed by atoms with van der Waals surface area (Å²) in [6.07, 6.45) is -15.0. The molecule has 32 heavy (non-hydrogen) atoms. The van der Waals surface area contributed by atoms with Crippen molar-refractivity contribution in [2.24, 2.45) is 0 Å². The Labute approximate surface area is 181 Å². The quantitative estimate of drug-likeness (QED) is 0.245. The highest BCUT2D eigenvalue weighted by molar-refractivity contribution is 7.42. The molecule has 3 rings (SSSR count). The second-order valence-electron chi connectivity index (χ2n) is 6.50. The van der Waals surface area contributed by atoms with Gasteiger partial charge in [0.05, 0.1) is 0 Å². The van der Waals surface area contributed by atoms with Gasteiger partial charge in [0.25, 0.3) is 0 Å². The van der Waals surface area contributed by atoms with E-state index in [0.29, 0.717) is 0 Å². The SMILES string of the molecule is FC(F)(F)C(OP(Oc1ccccc1)OC(c1ccccc1)C(F)(F)F)c1ccccc1. The van der Waals surface area contributed by atoms with Gasteiger partial charge >= 0.3 is 21.0 Å². The van der Waals surface area contributed by atoms with Gasteiger partial charge in [0.15, 0.2) is 12.2 Å². The van der Waals surface area contributed by atoms with Gasteiger partial charge in [0.1, 0.15) is 5.75 Å². The summed E-state index contributed by atoms with van der Waals surface area (Å²) in [4.78, 5) is 0. The number of alkyl halides is 6. The summed E-state index contributed by atoms with van der Waals surface area (Å²) in [6.45, 7) is 0. The molecule has 170 valence electrons. The van der Waals surface area contributed by atoms with Crippen molar-refractivity contribution < 1.29 is 39.9 Å². The molecule has 0 spiro atoms. The van der Waals surface area contributed by atoms with Crippen molar-refractivity contribution in [3.63, 3.8) is 0 Å². The van der Waals surface area contributed by atoms with Crippen molar-refractivity contribution in [3.8, 4) is 5.75 Å². The molecule has 0 saturated heterocycles. The van der Waals surface area contributed by atoms with Gasteiger partial charge in [-0.1, -0.05) is 78.9 Å². The first kappa shape index (κ1) is 24.0. The van der Waals surface area contributed by atoms with Crippen LogP contribution in [0.15, 0.2) is 91.0 Å². The molecule has 0 N–H and O–H groups in total. The van der Waals surface area contributed by atoms with E-state index in [1.165, 1.54) is 60.7 Å². The first-order valence-corrected chi connectivity index (χ1v) is 10.3. The summed E-state index contributed by atoms with van der Waals surface area (Å²) >= 11 is 0. The van der Waals surface area contributed by atoms with E-state index in [0.717, 1.165) is 24.3 Å². The second kappa shape index (κ2) is 10.3. The number of hydrogen-bond donors (Lipinski definition) is 0. The Morgan fingerprint density at radius 1 is 0.531 bits per heavy atom. The molecule has 0 fully saturated rings. The fraction of sp³-hybridized carbons (Fsp3) is 0.182. The first-order chi connectivity index (χ1) is 15.1. The molecule has 3 aromatic carbocycles. The smallest absolute Gasteiger partial charge is 0.419 e. The fourth-order valence-corrected chi connectivity index (χ4v) is 3.94. The Morgan fingerprint density at radius 3 is 1.22 bits per heavy atom. The van der Waals surface area contributed by atoms with Crippen LogP contribution in [0, 0.1) is 0 Å². The Morgan fingerprint density at radius 2 is 0.875 bits per heavy atom. The molecule has 2 atom stereocenters. The van der Waals surface area contributed by atoms with E-state index in [2.05, 4.69) is 0 Å². The summed E-state index contributed by atoms with van der Waals surface area (Å²) in [5, 5.41) is 0. The van der Waals surface area contributed by atoms with Crippen molar-refractivity contribution in [2.75, 3.05) is 0 Å². The van der Waals surface area contributed by atoms with Crippen molar-refractivity contribution >= 4 is 8.60 Å². The molecule has 0 heterocycles. The van der Waals surface area contributed by atoms with E-state index in [1.54, 1.807) is 6.07 Å². The zero-order valence-electron chi connectivity index (χ0n) is 16.3. The predicted octanol–water partition coefficient (Wildman–Crippen LogP) is 7.93. The van der Waals surface area contributed by atoms with Gasteiger partial charge in [-0.3, -0.25) is 9.05 Å². The summed E-state index contributed by atoms with van der Waals surface area (Å²) < 4.78 is 97.9. The summed E-state index contributed by atoms with van der Waals surface area (Å²) in [7, 11) is -3.13. The average molecular weight is 474 g/mol. The van der Waals surface area contributed by atoms with E-state index < -0.39 is 33.2 Å². The summed E-state index contributed by atoms with van der Waals surface area (Å²) in [5.74, 6) is 0.00147. The third-order valence-electron chi connectivity index (χ3n) is 4.11. The predicted molar refractivity (Wildman–Crippen MR) is 107 cm³/mol. The van der Waals surface area contributed by atoms with E-state index in [-0.39, 0.29) is 16.9 Å². The zero-order valence-corrected chi connectivity index (χ0v) is 17.1. The first-order valence-electron chi connectivity index (χ1n) is 9.24. The van der Waals surface area contributed by atoms with Gasteiger partial charge in [-0.15, -0.1) is 0 Å². The van der Waals surface area contributed by atoms with Gasteiger partial charge in [-0.25, -0.2) is 0 Å². The minimum Gasteiger partial charge on any atom is -0.427 e. The number of benzene rings is 3. The molecule has 3 nitrogen and oxygen atoms in total. The molecule has 0 aromatic heterocycles. The van der Waals surface area contributed by atoms with E-state index >= 15 is 0 Å². The van der Waals surface area contributed by atoms with Crippen molar-refractivity contribution in [2.45, 2.75) is 24.6 Å². The Kier molecular flexibility index (Phi) is 7.77. The van der Waals surface area contributed by atoms with Gasteiger partial charge in [-0.2, -0.15) is 26.3 Å². The van der Waals surface area contributed by atoms with Crippen molar-refractivity contribution in [1.82, 2.24) is 0 Å². The van der Waals surface area contributed by atoms with Gasteiger partial charge in [0.2, 0.25) is 0 Å². The second-order valence-corrected chi connectivity index (χ2v) is 7.55. The normalized spacial score (nSPS) is 15.1. The van der Waals surface area contributed by atoms with Crippen LogP contribution in [0.5, 0.6) is 5.75 Å². The Hall–Kier alpha value is -2.61. The molecule has 0 radical (unpaired) electrons. The lowest BCUT2D eigenvalue weighted by atomic mass is 10.1. The van der Waals surface area contributed by atoms with Crippen molar-refractivity contribution in [3.05, 3.63) is 102 Å². The number of para-hydroxylation sites is 1. The molecule has 0 aliphatic carbocycles. The van der Waals surface area contributed by atoms with E-state index in [4.69, 9.17) is 13.6 Å². The highest BCUT2D eigenvalue weighted by atomic mass is 31.2. The summed E-state index contributed by atoms with van der Waals surface area (Å²) in [5.41, 5.74) is -0.591. The van der Waals surface area contributed by atoms with E-state index in [9.17, 15) is 26.3 Å².